The van der Waals surface area contributed by atoms with Crippen LogP contribution in [0.4, 0.5) is 0 Å². The molecule has 0 radical (unpaired) electrons. The SMILES string of the molecule is C[C](=[Zr+2])CCCO.[C-]1=CC=CC1.[C-]1=CC=CC1.[Cl-].[Cl-]. The third kappa shape index (κ3) is 23.7. The summed E-state index contributed by atoms with van der Waals surface area (Å²) in [5.74, 6) is 0. The average Bonchev–Trinajstić information content (AvgIpc) is 3.01. The minimum atomic E-state index is 0. The minimum absolute atomic E-state index is 0. The molecule has 0 aromatic carbocycles. The van der Waals surface area contributed by atoms with Crippen molar-refractivity contribution in [3.8, 4) is 0 Å². The van der Waals surface area contributed by atoms with E-state index in [4.69, 9.17) is 5.11 Å². The Morgan fingerprint density at radius 1 is 1.11 bits per heavy atom. The third-order valence-electron chi connectivity index (χ3n) is 1.88. The number of halogens is 2. The van der Waals surface area contributed by atoms with Gasteiger partial charge in [0.25, 0.3) is 0 Å². The molecule has 0 fully saturated rings. The molecule has 19 heavy (non-hydrogen) atoms. The molecule has 0 atom stereocenters. The molecular formula is C15H20Cl2OZr-2. The van der Waals surface area contributed by atoms with Gasteiger partial charge < -0.3 is 24.8 Å². The Labute approximate surface area is 144 Å². The molecule has 0 heterocycles. The van der Waals surface area contributed by atoms with Gasteiger partial charge >= 0.3 is 58.9 Å². The molecule has 106 valence electrons. The van der Waals surface area contributed by atoms with Crippen molar-refractivity contribution >= 4 is 3.21 Å². The Bertz CT molecular complexity index is 265. The smallest absolute Gasteiger partial charge is 0.109 e. The van der Waals surface area contributed by atoms with Crippen molar-refractivity contribution in [3.05, 3.63) is 48.6 Å². The molecule has 4 heteroatoms. The largest absolute Gasteiger partial charge is 1.00 e. The third-order valence-corrected chi connectivity index (χ3v) is 2.50. The van der Waals surface area contributed by atoms with Crippen molar-refractivity contribution < 1.29 is 54.2 Å². The van der Waals surface area contributed by atoms with E-state index in [1.54, 1.807) is 0 Å². The molecule has 2 aliphatic rings. The molecule has 0 aromatic rings. The molecule has 1 nitrogen and oxygen atoms in total. The van der Waals surface area contributed by atoms with E-state index in [1.807, 2.05) is 24.3 Å². The van der Waals surface area contributed by atoms with Crippen LogP contribution in [0, 0.1) is 12.2 Å². The molecule has 0 bridgehead atoms. The predicted octanol–water partition coefficient (Wildman–Crippen LogP) is -2.88. The maximum Gasteiger partial charge on any atom is -0.109 e. The van der Waals surface area contributed by atoms with Crippen LogP contribution in [-0.4, -0.2) is 14.9 Å². The first-order valence-electron chi connectivity index (χ1n) is 5.85. The second-order valence-electron chi connectivity index (χ2n) is 3.61. The average molecular weight is 378 g/mol. The van der Waals surface area contributed by atoms with Gasteiger partial charge in [0.2, 0.25) is 0 Å². The van der Waals surface area contributed by atoms with E-state index in [-0.39, 0.29) is 24.8 Å². The Kier molecular flexibility index (Phi) is 26.3. The van der Waals surface area contributed by atoms with Crippen molar-refractivity contribution in [2.45, 2.75) is 32.6 Å². The van der Waals surface area contributed by atoms with Crippen LogP contribution >= 0.6 is 0 Å². The Morgan fingerprint density at radius 2 is 1.58 bits per heavy atom. The molecule has 2 rings (SSSR count). The standard InChI is InChI=1S/C5H10O.2C5H5.2ClH.Zr/c1-2-3-4-5-6;2*1-2-4-5-3-1;;;/h6H,3-5H2,1H3;2*1-3H,4H2;2*1H;/q;2*-1;;;+2/p-2. The second-order valence-corrected chi connectivity index (χ2v) is 5.71. The number of rotatable bonds is 3. The van der Waals surface area contributed by atoms with Gasteiger partial charge in [0.15, 0.2) is 0 Å². The summed E-state index contributed by atoms with van der Waals surface area (Å²) in [6, 6.07) is 0. The fourth-order valence-corrected chi connectivity index (χ4v) is 1.46. The monoisotopic (exact) mass is 376 g/mol. The van der Waals surface area contributed by atoms with Gasteiger partial charge in [-0.25, -0.2) is 24.3 Å². The summed E-state index contributed by atoms with van der Waals surface area (Å²) in [4.78, 5) is 0. The van der Waals surface area contributed by atoms with E-state index in [1.165, 1.54) is 27.4 Å². The number of aliphatic hydroxyl groups is 1. The number of aliphatic hydroxyl groups excluding tert-OH is 1. The van der Waals surface area contributed by atoms with E-state index in [2.05, 4.69) is 31.2 Å². The summed E-state index contributed by atoms with van der Waals surface area (Å²) in [5, 5.41) is 8.31. The summed E-state index contributed by atoms with van der Waals surface area (Å²) >= 11 is 1.50. The Morgan fingerprint density at radius 3 is 1.68 bits per heavy atom. The van der Waals surface area contributed by atoms with Gasteiger partial charge in [-0.3, -0.25) is 12.2 Å². The van der Waals surface area contributed by atoms with Crippen molar-refractivity contribution in [2.24, 2.45) is 0 Å². The van der Waals surface area contributed by atoms with E-state index in [0.29, 0.717) is 6.61 Å². The van der Waals surface area contributed by atoms with Crippen LogP contribution < -0.4 is 24.8 Å². The van der Waals surface area contributed by atoms with E-state index in [9.17, 15) is 0 Å². The second kappa shape index (κ2) is 20.6. The van der Waals surface area contributed by atoms with Gasteiger partial charge in [-0.15, -0.1) is 12.8 Å². The molecule has 0 unspecified atom stereocenters. The van der Waals surface area contributed by atoms with E-state index >= 15 is 0 Å². The van der Waals surface area contributed by atoms with Crippen LogP contribution in [0.1, 0.15) is 32.6 Å². The molecule has 0 saturated heterocycles. The summed E-state index contributed by atoms with van der Waals surface area (Å²) in [7, 11) is 0. The van der Waals surface area contributed by atoms with Gasteiger partial charge in [0, 0.05) is 0 Å². The maximum absolute atomic E-state index is 8.31. The molecule has 0 spiro atoms. The van der Waals surface area contributed by atoms with E-state index in [0.717, 1.165) is 25.7 Å². The summed E-state index contributed by atoms with van der Waals surface area (Å²) < 4.78 is 1.49. The summed E-state index contributed by atoms with van der Waals surface area (Å²) in [5.41, 5.74) is 0. The fourth-order valence-electron chi connectivity index (χ4n) is 1.02. The number of hydrogen-bond acceptors (Lipinski definition) is 1. The first kappa shape index (κ1) is 24.3. The fraction of sp³-hybridized carbons (Fsp3) is 0.400. The normalized spacial score (nSPS) is 12.6. The Balaban J connectivity index is -0.000000194. The van der Waals surface area contributed by atoms with Gasteiger partial charge in [-0.2, -0.15) is 12.2 Å². The van der Waals surface area contributed by atoms with Crippen molar-refractivity contribution in [3.63, 3.8) is 0 Å². The molecule has 0 aliphatic heterocycles. The molecule has 0 amide bonds. The van der Waals surface area contributed by atoms with Crippen LogP contribution in [0.5, 0.6) is 0 Å². The van der Waals surface area contributed by atoms with E-state index < -0.39 is 0 Å². The Hall–Kier alpha value is 0.253. The van der Waals surface area contributed by atoms with Crippen LogP contribution in [0.25, 0.3) is 0 Å². The molecule has 0 saturated carbocycles. The van der Waals surface area contributed by atoms with Crippen LogP contribution in [0.3, 0.4) is 0 Å². The summed E-state index contributed by atoms with van der Waals surface area (Å²) in [6.07, 6.45) is 22.0. The molecular weight excluding hydrogens is 358 g/mol. The zero-order valence-corrected chi connectivity index (χ0v) is 15.2. The minimum Gasteiger partial charge on any atom is -1.00 e. The number of allylic oxidation sites excluding steroid dienone is 8. The van der Waals surface area contributed by atoms with Crippen LogP contribution in [-0.2, 0) is 24.2 Å². The zero-order valence-electron chi connectivity index (χ0n) is 11.2. The molecule has 2 aliphatic carbocycles. The van der Waals surface area contributed by atoms with Gasteiger partial charge in [0.1, 0.15) is 0 Å². The summed E-state index contributed by atoms with van der Waals surface area (Å²) in [6.45, 7) is 2.46. The van der Waals surface area contributed by atoms with Crippen LogP contribution in [0.15, 0.2) is 36.5 Å². The van der Waals surface area contributed by atoms with Gasteiger partial charge in [0.05, 0.1) is 0 Å². The van der Waals surface area contributed by atoms with Crippen molar-refractivity contribution in [1.29, 1.82) is 0 Å². The quantitative estimate of drug-likeness (QED) is 0.523. The van der Waals surface area contributed by atoms with Gasteiger partial charge in [-0.1, -0.05) is 0 Å². The first-order chi connectivity index (χ1) is 8.27. The first-order valence-corrected chi connectivity index (χ1v) is 7.08. The van der Waals surface area contributed by atoms with Gasteiger partial charge in [-0.05, 0) is 0 Å². The topological polar surface area (TPSA) is 20.2 Å². The zero-order chi connectivity index (χ0) is 12.8. The number of hydrogen-bond donors (Lipinski definition) is 1. The molecule has 1 N–H and O–H groups in total. The van der Waals surface area contributed by atoms with Crippen molar-refractivity contribution in [1.82, 2.24) is 0 Å². The van der Waals surface area contributed by atoms with Crippen LogP contribution in [0.2, 0.25) is 0 Å². The van der Waals surface area contributed by atoms with Crippen molar-refractivity contribution in [2.75, 3.05) is 6.61 Å². The molecule has 0 aromatic heterocycles. The maximum atomic E-state index is 8.31. The predicted molar refractivity (Wildman–Crippen MR) is 70.1 cm³/mol.